The number of hydrogen-bond acceptors (Lipinski definition) is 4. The van der Waals surface area contributed by atoms with Crippen LogP contribution in [0.25, 0.3) is 5.52 Å². The van der Waals surface area contributed by atoms with Gasteiger partial charge in [0.1, 0.15) is 0 Å². The average molecular weight is 436 g/mol. The minimum absolute atomic E-state index is 0.0224. The Labute approximate surface area is 188 Å². The molecule has 2 amide bonds. The lowest BCUT2D eigenvalue weighted by Crippen LogP contribution is -2.60. The van der Waals surface area contributed by atoms with E-state index in [0.717, 1.165) is 61.3 Å². The van der Waals surface area contributed by atoms with Crippen LogP contribution in [0.15, 0.2) is 24.4 Å². The van der Waals surface area contributed by atoms with Crippen molar-refractivity contribution in [3.05, 3.63) is 35.9 Å². The summed E-state index contributed by atoms with van der Waals surface area (Å²) in [6, 6.07) is 6.00. The Hall–Kier alpha value is -2.41. The molecule has 1 saturated heterocycles. The highest BCUT2D eigenvalue weighted by Gasteiger charge is 2.51. The summed E-state index contributed by atoms with van der Waals surface area (Å²) >= 11 is 0. The molecule has 1 aliphatic heterocycles. The smallest absolute Gasteiger partial charge is 0.288 e. The summed E-state index contributed by atoms with van der Waals surface area (Å²) in [5.74, 6) is 3.31. The van der Waals surface area contributed by atoms with Crippen LogP contribution >= 0.6 is 0 Å². The molecular weight excluding hydrogens is 402 g/mol. The zero-order valence-corrected chi connectivity index (χ0v) is 18.8. The van der Waals surface area contributed by atoms with E-state index in [2.05, 4.69) is 22.6 Å². The molecule has 4 bridgehead atoms. The molecule has 2 aromatic heterocycles. The van der Waals surface area contributed by atoms with Crippen molar-refractivity contribution in [2.45, 2.75) is 57.0 Å². The first-order valence-corrected chi connectivity index (χ1v) is 12.2. The van der Waals surface area contributed by atoms with E-state index in [0.29, 0.717) is 24.7 Å². The van der Waals surface area contributed by atoms with E-state index >= 15 is 0 Å². The van der Waals surface area contributed by atoms with Crippen LogP contribution in [0.1, 0.15) is 61.3 Å². The lowest BCUT2D eigenvalue weighted by molar-refractivity contribution is -0.119. The molecule has 7 nitrogen and oxygen atoms in total. The van der Waals surface area contributed by atoms with E-state index in [1.165, 1.54) is 19.3 Å². The van der Waals surface area contributed by atoms with Crippen LogP contribution in [-0.2, 0) is 11.3 Å². The molecule has 0 radical (unpaired) electrons. The van der Waals surface area contributed by atoms with Crippen molar-refractivity contribution >= 4 is 17.3 Å². The van der Waals surface area contributed by atoms with Crippen molar-refractivity contribution in [2.24, 2.45) is 23.7 Å². The van der Waals surface area contributed by atoms with Gasteiger partial charge in [0, 0.05) is 37.8 Å². The Bertz CT molecular complexity index is 1020. The zero-order valence-electron chi connectivity index (χ0n) is 18.8. The van der Waals surface area contributed by atoms with Gasteiger partial charge < -0.3 is 15.5 Å². The number of imidazole rings is 1. The van der Waals surface area contributed by atoms with Crippen molar-refractivity contribution in [3.8, 4) is 0 Å². The summed E-state index contributed by atoms with van der Waals surface area (Å²) in [5.41, 5.74) is 1.88. The van der Waals surface area contributed by atoms with Gasteiger partial charge in [-0.1, -0.05) is 6.07 Å². The Morgan fingerprint density at radius 3 is 2.59 bits per heavy atom. The number of nitrogens with one attached hydrogen (secondary N) is 2. The molecule has 7 heteroatoms. The number of fused-ring (bicyclic) bond motifs is 1. The normalized spacial score (nSPS) is 33.2. The van der Waals surface area contributed by atoms with Gasteiger partial charge in [0.15, 0.2) is 0 Å². The van der Waals surface area contributed by atoms with Crippen molar-refractivity contribution in [1.82, 2.24) is 24.9 Å². The van der Waals surface area contributed by atoms with Gasteiger partial charge in [0.05, 0.1) is 11.2 Å². The predicted molar refractivity (Wildman–Crippen MR) is 121 cm³/mol. The quantitative estimate of drug-likeness (QED) is 0.731. The molecule has 2 N–H and O–H groups in total. The zero-order chi connectivity index (χ0) is 21.9. The highest BCUT2D eigenvalue weighted by atomic mass is 16.2. The SMILES string of the molecule is CN(Cc1nc(C(=O)NC23CC4CC(CC(C4)C2)C3)n2ccccc12)CC1CNC(=O)C1. The lowest BCUT2D eigenvalue weighted by Gasteiger charge is -2.56. The van der Waals surface area contributed by atoms with Crippen LogP contribution in [0.2, 0.25) is 0 Å². The molecule has 0 aromatic carbocycles. The predicted octanol–water partition coefficient (Wildman–Crippen LogP) is 2.60. The van der Waals surface area contributed by atoms with Crippen LogP contribution in [0.3, 0.4) is 0 Å². The van der Waals surface area contributed by atoms with Crippen LogP contribution in [-0.4, -0.2) is 51.8 Å². The first-order chi connectivity index (χ1) is 15.5. The van der Waals surface area contributed by atoms with Crippen molar-refractivity contribution in [2.75, 3.05) is 20.1 Å². The summed E-state index contributed by atoms with van der Waals surface area (Å²) in [5, 5.41) is 6.39. The van der Waals surface area contributed by atoms with Crippen LogP contribution in [0.5, 0.6) is 0 Å². The third kappa shape index (κ3) is 3.60. The van der Waals surface area contributed by atoms with Gasteiger partial charge in [-0.25, -0.2) is 4.98 Å². The number of nitrogens with zero attached hydrogens (tertiary/aromatic N) is 3. The second-order valence-electron chi connectivity index (χ2n) is 11.1. The third-order valence-corrected chi connectivity index (χ3v) is 8.30. The Kier molecular flexibility index (Phi) is 4.79. The van der Waals surface area contributed by atoms with Gasteiger partial charge in [-0.15, -0.1) is 0 Å². The molecule has 2 aromatic rings. The fraction of sp³-hybridized carbons (Fsp3) is 0.640. The number of aromatic nitrogens is 2. The van der Waals surface area contributed by atoms with E-state index < -0.39 is 0 Å². The summed E-state index contributed by atoms with van der Waals surface area (Å²) < 4.78 is 1.94. The number of hydrogen-bond donors (Lipinski definition) is 2. The largest absolute Gasteiger partial charge is 0.356 e. The fourth-order valence-corrected chi connectivity index (χ4v) is 7.49. The van der Waals surface area contributed by atoms with E-state index in [-0.39, 0.29) is 17.4 Å². The molecule has 7 rings (SSSR count). The molecule has 0 spiro atoms. The number of pyridine rings is 1. The van der Waals surface area contributed by atoms with E-state index in [4.69, 9.17) is 4.98 Å². The van der Waals surface area contributed by atoms with E-state index in [1.54, 1.807) is 0 Å². The van der Waals surface area contributed by atoms with E-state index in [9.17, 15) is 9.59 Å². The molecule has 170 valence electrons. The van der Waals surface area contributed by atoms with Crippen LogP contribution < -0.4 is 10.6 Å². The first kappa shape index (κ1) is 20.2. The third-order valence-electron chi connectivity index (χ3n) is 8.30. The monoisotopic (exact) mass is 435 g/mol. The van der Waals surface area contributed by atoms with Gasteiger partial charge in [0.25, 0.3) is 5.91 Å². The molecule has 4 saturated carbocycles. The highest BCUT2D eigenvalue weighted by molar-refractivity contribution is 5.92. The van der Waals surface area contributed by atoms with Crippen LogP contribution in [0.4, 0.5) is 0 Å². The molecule has 4 aliphatic carbocycles. The maximum atomic E-state index is 13.5. The second-order valence-corrected chi connectivity index (χ2v) is 11.1. The number of amides is 2. The number of carbonyl (C=O) groups is 2. The maximum Gasteiger partial charge on any atom is 0.288 e. The van der Waals surface area contributed by atoms with Gasteiger partial charge >= 0.3 is 0 Å². The standard InChI is InChI=1S/C25H33N5O2/c1-29(14-19-9-22(31)26-13-19)15-20-21-4-2-3-5-30(21)23(27-20)24(32)28-25-10-16-6-17(11-25)8-18(7-16)12-25/h2-5,16-19H,6-15H2,1H3,(H,26,31)(H,28,32). The van der Waals surface area contributed by atoms with E-state index in [1.807, 2.05) is 28.8 Å². The van der Waals surface area contributed by atoms with Crippen molar-refractivity contribution in [3.63, 3.8) is 0 Å². The summed E-state index contributed by atoms with van der Waals surface area (Å²) in [4.78, 5) is 32.1. The molecule has 3 heterocycles. The van der Waals surface area contributed by atoms with Gasteiger partial charge in [-0.3, -0.25) is 14.0 Å². The Morgan fingerprint density at radius 1 is 1.22 bits per heavy atom. The summed E-state index contributed by atoms with van der Waals surface area (Å²) in [7, 11) is 2.06. The van der Waals surface area contributed by atoms with Crippen molar-refractivity contribution < 1.29 is 9.59 Å². The fourth-order valence-electron chi connectivity index (χ4n) is 7.49. The first-order valence-electron chi connectivity index (χ1n) is 12.2. The maximum absolute atomic E-state index is 13.5. The average Bonchev–Trinajstić information content (AvgIpc) is 3.30. The highest BCUT2D eigenvalue weighted by Crippen LogP contribution is 2.55. The summed E-state index contributed by atoms with van der Waals surface area (Å²) in [6.45, 7) is 2.23. The van der Waals surface area contributed by atoms with Gasteiger partial charge in [0.2, 0.25) is 11.7 Å². The second kappa shape index (κ2) is 7.58. The minimum Gasteiger partial charge on any atom is -0.356 e. The molecule has 32 heavy (non-hydrogen) atoms. The molecule has 1 unspecified atom stereocenters. The minimum atomic E-state index is -0.0346. The Balaban J connectivity index is 1.22. The Morgan fingerprint density at radius 2 is 1.94 bits per heavy atom. The lowest BCUT2D eigenvalue weighted by atomic mass is 9.53. The molecule has 5 aliphatic rings. The summed E-state index contributed by atoms with van der Waals surface area (Å²) in [6.07, 6.45) is 10.0. The van der Waals surface area contributed by atoms with Gasteiger partial charge in [-0.05, 0) is 81.4 Å². The van der Waals surface area contributed by atoms with Gasteiger partial charge in [-0.2, -0.15) is 0 Å². The molecule has 1 atom stereocenters. The number of carbonyl (C=O) groups excluding carboxylic acids is 2. The van der Waals surface area contributed by atoms with Crippen molar-refractivity contribution in [1.29, 1.82) is 0 Å². The molecular formula is C25H33N5O2. The topological polar surface area (TPSA) is 78.7 Å². The van der Waals surface area contributed by atoms with Crippen LogP contribution in [0, 0.1) is 23.7 Å². The number of rotatable bonds is 6. The molecule has 5 fully saturated rings.